The first-order valence-electron chi connectivity index (χ1n) is 11.3. The van der Waals surface area contributed by atoms with Crippen LogP contribution in [0.2, 0.25) is 0 Å². The molecule has 0 amide bonds. The molecule has 0 atom stereocenters. The van der Waals surface area contributed by atoms with E-state index >= 15 is 0 Å². The Morgan fingerprint density at radius 3 is 2.41 bits per heavy atom. The molecule has 2 heterocycles. The lowest BCUT2D eigenvalue weighted by atomic mass is 9.96. The van der Waals surface area contributed by atoms with Crippen LogP contribution in [0.4, 0.5) is 17.3 Å². The molecule has 0 radical (unpaired) electrons. The van der Waals surface area contributed by atoms with E-state index in [-0.39, 0.29) is 5.75 Å². The maximum absolute atomic E-state index is 10.1. The number of para-hydroxylation sites is 1. The van der Waals surface area contributed by atoms with E-state index in [2.05, 4.69) is 57.2 Å². The van der Waals surface area contributed by atoms with Crippen molar-refractivity contribution in [3.8, 4) is 5.75 Å². The molecule has 0 spiro atoms. The van der Waals surface area contributed by atoms with Gasteiger partial charge in [-0.25, -0.2) is 9.97 Å². The molecule has 34 heavy (non-hydrogen) atoms. The van der Waals surface area contributed by atoms with Crippen molar-refractivity contribution < 1.29 is 5.11 Å². The molecule has 1 aromatic heterocycles. The predicted molar refractivity (Wildman–Crippen MR) is 144 cm³/mol. The van der Waals surface area contributed by atoms with E-state index in [1.807, 2.05) is 64.4 Å². The van der Waals surface area contributed by atoms with Gasteiger partial charge >= 0.3 is 0 Å². The number of rotatable bonds is 5. The third kappa shape index (κ3) is 5.46. The minimum atomic E-state index is 0.278. The summed E-state index contributed by atoms with van der Waals surface area (Å²) in [6.45, 7) is 12.4. The Morgan fingerprint density at radius 2 is 1.76 bits per heavy atom. The van der Waals surface area contributed by atoms with E-state index in [1.54, 1.807) is 12.4 Å². The number of hydrogen-bond acceptors (Lipinski definition) is 6. The lowest BCUT2D eigenvalue weighted by molar-refractivity contribution is 0.473. The molecule has 0 bridgehead atoms. The average Bonchev–Trinajstić information content (AvgIpc) is 2.84. The Kier molecular flexibility index (Phi) is 8.09. The summed E-state index contributed by atoms with van der Waals surface area (Å²) in [7, 11) is 1.85. The standard InChI is InChI=1S/C18H17NO.C10H16N4/c1-3-15-12-14-8-7-11-17(20)18(14)13(2)19(15)16-9-5-4-6-10-16;1-7(2)5-12-10-8(3)9(11-4)13-6-14-10/h4-12,20H,2-3H2,1H3;5-6H,1-4H3,(H2,11,12,13,14). The van der Waals surface area contributed by atoms with E-state index in [9.17, 15) is 5.11 Å². The van der Waals surface area contributed by atoms with Gasteiger partial charge < -0.3 is 20.6 Å². The number of fused-ring (bicyclic) bond motifs is 1. The molecular formula is C28H33N5O. The number of hydrogen-bond donors (Lipinski definition) is 3. The Morgan fingerprint density at radius 1 is 1.06 bits per heavy atom. The monoisotopic (exact) mass is 455 g/mol. The van der Waals surface area contributed by atoms with Crippen LogP contribution in [-0.4, -0.2) is 22.1 Å². The normalized spacial score (nSPS) is 12.1. The van der Waals surface area contributed by atoms with Gasteiger partial charge in [0.25, 0.3) is 0 Å². The molecule has 0 saturated heterocycles. The quantitative estimate of drug-likeness (QED) is 0.393. The van der Waals surface area contributed by atoms with Gasteiger partial charge in [-0.2, -0.15) is 0 Å². The predicted octanol–water partition coefficient (Wildman–Crippen LogP) is 6.80. The average molecular weight is 456 g/mol. The number of anilines is 3. The summed E-state index contributed by atoms with van der Waals surface area (Å²) in [5.74, 6) is 1.97. The first-order chi connectivity index (χ1) is 16.4. The first-order valence-corrected chi connectivity index (χ1v) is 11.3. The van der Waals surface area contributed by atoms with Gasteiger partial charge in [-0.05, 0) is 57.0 Å². The van der Waals surface area contributed by atoms with Crippen LogP contribution in [0.3, 0.4) is 0 Å². The number of phenols is 1. The van der Waals surface area contributed by atoms with Crippen LogP contribution >= 0.6 is 0 Å². The van der Waals surface area contributed by atoms with E-state index in [0.29, 0.717) is 0 Å². The summed E-state index contributed by atoms with van der Waals surface area (Å²) in [6.07, 6.45) is 6.49. The molecule has 3 N–H and O–H groups in total. The zero-order valence-corrected chi connectivity index (χ0v) is 20.6. The molecule has 0 aliphatic carbocycles. The molecule has 176 valence electrons. The number of phenolic OH excluding ortho intramolecular Hbond substituents is 1. The van der Waals surface area contributed by atoms with Crippen LogP contribution < -0.4 is 15.5 Å². The molecule has 4 rings (SSSR count). The van der Waals surface area contributed by atoms with E-state index < -0.39 is 0 Å². The minimum Gasteiger partial charge on any atom is -0.507 e. The molecule has 6 heteroatoms. The van der Waals surface area contributed by atoms with Crippen LogP contribution in [-0.2, 0) is 0 Å². The molecule has 1 aliphatic heterocycles. The van der Waals surface area contributed by atoms with Gasteiger partial charge in [0.15, 0.2) is 0 Å². The summed E-state index contributed by atoms with van der Waals surface area (Å²) in [5, 5.41) is 16.3. The molecular weight excluding hydrogens is 422 g/mol. The molecule has 2 aromatic carbocycles. The Hall–Kier alpha value is -4.06. The Labute approximate surface area is 202 Å². The third-order valence-corrected chi connectivity index (χ3v) is 5.44. The lowest BCUT2D eigenvalue weighted by Gasteiger charge is -2.33. The zero-order chi connectivity index (χ0) is 24.7. The van der Waals surface area contributed by atoms with Gasteiger partial charge in [0, 0.05) is 35.8 Å². The molecule has 0 unspecified atom stereocenters. The van der Waals surface area contributed by atoms with Crippen molar-refractivity contribution in [3.63, 3.8) is 0 Å². The van der Waals surface area contributed by atoms with Gasteiger partial charge in [-0.15, -0.1) is 0 Å². The fourth-order valence-electron chi connectivity index (χ4n) is 3.74. The lowest BCUT2D eigenvalue weighted by Crippen LogP contribution is -2.23. The molecule has 0 fully saturated rings. The second-order valence-electron chi connectivity index (χ2n) is 8.16. The zero-order valence-electron chi connectivity index (χ0n) is 20.6. The van der Waals surface area contributed by atoms with E-state index in [4.69, 9.17) is 0 Å². The fourth-order valence-corrected chi connectivity index (χ4v) is 3.74. The number of benzene rings is 2. The summed E-state index contributed by atoms with van der Waals surface area (Å²) in [6, 6.07) is 15.7. The smallest absolute Gasteiger partial charge is 0.138 e. The summed E-state index contributed by atoms with van der Waals surface area (Å²) >= 11 is 0. The van der Waals surface area contributed by atoms with Crippen molar-refractivity contribution in [2.24, 2.45) is 0 Å². The Balaban J connectivity index is 0.000000204. The van der Waals surface area contributed by atoms with Crippen molar-refractivity contribution in [2.45, 2.75) is 34.1 Å². The minimum absolute atomic E-state index is 0.278. The second-order valence-corrected chi connectivity index (χ2v) is 8.16. The van der Waals surface area contributed by atoms with Crippen LogP contribution in [0, 0.1) is 6.92 Å². The number of aromatic nitrogens is 2. The van der Waals surface area contributed by atoms with Crippen molar-refractivity contribution in [3.05, 3.63) is 95.6 Å². The van der Waals surface area contributed by atoms with E-state index in [0.717, 1.165) is 46.1 Å². The third-order valence-electron chi connectivity index (χ3n) is 5.44. The largest absolute Gasteiger partial charge is 0.507 e. The number of aromatic hydroxyl groups is 1. The highest BCUT2D eigenvalue weighted by Crippen LogP contribution is 2.40. The summed E-state index contributed by atoms with van der Waals surface area (Å²) < 4.78 is 0. The van der Waals surface area contributed by atoms with Gasteiger partial charge in [0.2, 0.25) is 0 Å². The SMILES string of the molecule is C=C1c2c(O)cccc2C=C(CC)N1c1ccccc1.CNc1ncnc(NC=C(C)C)c1C. The fraction of sp³-hybridized carbons (Fsp3) is 0.214. The number of allylic oxidation sites excluding steroid dienone is 2. The van der Waals surface area contributed by atoms with Crippen LogP contribution in [0.1, 0.15) is 43.9 Å². The maximum Gasteiger partial charge on any atom is 0.138 e. The highest BCUT2D eigenvalue weighted by atomic mass is 16.3. The maximum atomic E-state index is 10.1. The number of nitrogens with zero attached hydrogens (tertiary/aromatic N) is 3. The van der Waals surface area contributed by atoms with Crippen LogP contribution in [0.15, 0.2) is 78.9 Å². The van der Waals surface area contributed by atoms with Crippen molar-refractivity contribution in [1.29, 1.82) is 0 Å². The number of nitrogens with one attached hydrogen (secondary N) is 2. The van der Waals surface area contributed by atoms with Crippen LogP contribution in [0.5, 0.6) is 5.75 Å². The van der Waals surface area contributed by atoms with Crippen molar-refractivity contribution in [1.82, 2.24) is 9.97 Å². The van der Waals surface area contributed by atoms with Crippen molar-refractivity contribution in [2.75, 3.05) is 22.6 Å². The van der Waals surface area contributed by atoms with Crippen molar-refractivity contribution >= 4 is 29.1 Å². The van der Waals surface area contributed by atoms with Gasteiger partial charge in [0.05, 0.1) is 5.70 Å². The molecule has 1 aliphatic rings. The molecule has 0 saturated carbocycles. The highest BCUT2D eigenvalue weighted by Gasteiger charge is 2.24. The van der Waals surface area contributed by atoms with Crippen LogP contribution in [0.25, 0.3) is 11.8 Å². The molecule has 3 aromatic rings. The van der Waals surface area contributed by atoms with Gasteiger partial charge in [-0.3, -0.25) is 0 Å². The Bertz CT molecular complexity index is 1210. The first kappa shape index (κ1) is 24.6. The topological polar surface area (TPSA) is 73.3 Å². The van der Waals surface area contributed by atoms with E-state index in [1.165, 1.54) is 11.3 Å². The van der Waals surface area contributed by atoms with Gasteiger partial charge in [-0.1, -0.05) is 49.4 Å². The summed E-state index contributed by atoms with van der Waals surface area (Å²) in [5.41, 5.74) is 7.14. The molecule has 6 nitrogen and oxygen atoms in total. The summed E-state index contributed by atoms with van der Waals surface area (Å²) in [4.78, 5) is 10.4. The second kappa shape index (κ2) is 11.2. The van der Waals surface area contributed by atoms with Gasteiger partial charge in [0.1, 0.15) is 23.7 Å². The highest BCUT2D eigenvalue weighted by molar-refractivity contribution is 5.92.